The molecule has 0 aliphatic carbocycles. The van der Waals surface area contributed by atoms with Crippen molar-refractivity contribution in [1.29, 1.82) is 0 Å². The number of aliphatic imine (C=N–C) groups is 1. The van der Waals surface area contributed by atoms with Gasteiger partial charge in [0.2, 0.25) is 0 Å². The molecule has 160 valence electrons. The van der Waals surface area contributed by atoms with E-state index in [4.69, 9.17) is 0 Å². The Hall–Kier alpha value is -1.60. The minimum absolute atomic E-state index is 0.0437. The van der Waals surface area contributed by atoms with Gasteiger partial charge in [-0.3, -0.25) is 9.89 Å². The number of sulfone groups is 1. The second-order valence-corrected chi connectivity index (χ2v) is 9.56. The number of nitrogens with zero attached hydrogens (tertiary/aromatic N) is 2. The van der Waals surface area contributed by atoms with E-state index in [1.165, 1.54) is 0 Å². The van der Waals surface area contributed by atoms with Gasteiger partial charge < -0.3 is 10.6 Å². The van der Waals surface area contributed by atoms with Gasteiger partial charge in [0, 0.05) is 31.2 Å². The minimum atomic E-state index is -3.34. The van der Waals surface area contributed by atoms with Gasteiger partial charge in [-0.2, -0.15) is 0 Å². The maximum absolute atomic E-state index is 12.7. The Bertz CT molecular complexity index is 680. The molecule has 0 bridgehead atoms. The Morgan fingerprint density at radius 1 is 1.07 bits per heavy atom. The van der Waals surface area contributed by atoms with Crippen LogP contribution >= 0.6 is 0 Å². The maximum atomic E-state index is 12.7. The van der Waals surface area contributed by atoms with E-state index in [9.17, 15) is 8.42 Å². The van der Waals surface area contributed by atoms with Gasteiger partial charge in [0.25, 0.3) is 0 Å². The van der Waals surface area contributed by atoms with E-state index >= 15 is 0 Å². The Morgan fingerprint density at radius 2 is 1.68 bits per heavy atom. The largest absolute Gasteiger partial charge is 0.357 e. The third-order valence-corrected chi connectivity index (χ3v) is 6.49. The quantitative estimate of drug-likeness (QED) is 0.433. The van der Waals surface area contributed by atoms with Gasteiger partial charge in [-0.15, -0.1) is 0 Å². The Balaban J connectivity index is 2.79. The van der Waals surface area contributed by atoms with E-state index in [0.717, 1.165) is 13.1 Å². The molecule has 0 aliphatic rings. The third-order valence-electron chi connectivity index (χ3n) is 4.66. The van der Waals surface area contributed by atoms with Gasteiger partial charge >= 0.3 is 0 Å². The van der Waals surface area contributed by atoms with Crippen molar-refractivity contribution in [3.05, 3.63) is 30.3 Å². The van der Waals surface area contributed by atoms with Crippen LogP contribution in [0.15, 0.2) is 40.2 Å². The fourth-order valence-electron chi connectivity index (χ4n) is 3.15. The van der Waals surface area contributed by atoms with Crippen molar-refractivity contribution in [1.82, 2.24) is 15.5 Å². The van der Waals surface area contributed by atoms with Gasteiger partial charge in [0.05, 0.1) is 17.2 Å². The summed E-state index contributed by atoms with van der Waals surface area (Å²) in [6.07, 6.45) is 0.695. The molecule has 0 aliphatic heterocycles. The molecule has 0 amide bonds. The lowest BCUT2D eigenvalue weighted by atomic mass is 10.2. The van der Waals surface area contributed by atoms with Crippen LogP contribution in [0.2, 0.25) is 0 Å². The summed E-state index contributed by atoms with van der Waals surface area (Å²) < 4.78 is 25.4. The highest BCUT2D eigenvalue weighted by atomic mass is 32.2. The summed E-state index contributed by atoms with van der Waals surface area (Å²) in [6, 6.07) is 9.35. The number of nitrogens with one attached hydrogen (secondary N) is 2. The summed E-state index contributed by atoms with van der Waals surface area (Å²) in [5, 5.41) is 6.53. The van der Waals surface area contributed by atoms with Crippen molar-refractivity contribution in [2.75, 3.05) is 25.4 Å². The van der Waals surface area contributed by atoms with E-state index in [1.807, 2.05) is 19.9 Å². The van der Waals surface area contributed by atoms with Crippen LogP contribution < -0.4 is 10.6 Å². The Morgan fingerprint density at radius 3 is 2.18 bits per heavy atom. The second-order valence-electron chi connectivity index (χ2n) is 7.53. The first-order chi connectivity index (χ1) is 13.2. The molecular formula is C21H38N4O2S. The molecule has 0 radical (unpaired) electrons. The molecule has 1 aromatic carbocycles. The lowest BCUT2D eigenvalue weighted by Gasteiger charge is -2.30. The van der Waals surface area contributed by atoms with Crippen molar-refractivity contribution in [3.63, 3.8) is 0 Å². The van der Waals surface area contributed by atoms with Crippen molar-refractivity contribution < 1.29 is 8.42 Å². The smallest absolute Gasteiger partial charge is 0.191 e. The van der Waals surface area contributed by atoms with E-state index in [2.05, 4.69) is 48.2 Å². The highest BCUT2D eigenvalue weighted by molar-refractivity contribution is 7.91. The molecule has 2 N–H and O–H groups in total. The minimum Gasteiger partial charge on any atom is -0.357 e. The summed E-state index contributed by atoms with van der Waals surface area (Å²) in [6.45, 7) is 15.0. The third kappa shape index (κ3) is 8.19. The molecule has 0 spiro atoms. The van der Waals surface area contributed by atoms with Crippen LogP contribution in [-0.4, -0.2) is 62.8 Å². The van der Waals surface area contributed by atoms with Gasteiger partial charge in [-0.1, -0.05) is 25.1 Å². The molecule has 0 saturated heterocycles. The Kier molecular flexibility index (Phi) is 10.5. The molecule has 7 heteroatoms. The molecule has 28 heavy (non-hydrogen) atoms. The molecule has 1 aromatic rings. The summed E-state index contributed by atoms with van der Waals surface area (Å²) in [5.41, 5.74) is 0. The topological polar surface area (TPSA) is 73.8 Å². The van der Waals surface area contributed by atoms with Crippen LogP contribution in [0.25, 0.3) is 0 Å². The molecule has 0 heterocycles. The van der Waals surface area contributed by atoms with Crippen LogP contribution in [-0.2, 0) is 9.84 Å². The molecule has 0 saturated carbocycles. The summed E-state index contributed by atoms with van der Waals surface area (Å²) in [5.74, 6) is 0.715. The molecule has 0 aromatic heterocycles. The van der Waals surface area contributed by atoms with Crippen LogP contribution in [0.5, 0.6) is 0 Å². The highest BCUT2D eigenvalue weighted by Crippen LogP contribution is 2.12. The Labute approximate surface area is 171 Å². The van der Waals surface area contributed by atoms with Crippen molar-refractivity contribution in [3.8, 4) is 0 Å². The number of hydrogen-bond acceptors (Lipinski definition) is 4. The fourth-order valence-corrected chi connectivity index (χ4v) is 4.77. The van der Waals surface area contributed by atoms with Gasteiger partial charge in [0.15, 0.2) is 15.8 Å². The van der Waals surface area contributed by atoms with Gasteiger partial charge in [-0.05, 0) is 53.2 Å². The van der Waals surface area contributed by atoms with Crippen LogP contribution in [0.4, 0.5) is 0 Å². The first-order valence-electron chi connectivity index (χ1n) is 10.3. The zero-order valence-electron chi connectivity index (χ0n) is 18.3. The molecule has 1 rings (SSSR count). The zero-order valence-corrected chi connectivity index (χ0v) is 19.1. The monoisotopic (exact) mass is 410 g/mol. The van der Waals surface area contributed by atoms with E-state index in [0.29, 0.717) is 35.9 Å². The molecular weight excluding hydrogens is 372 g/mol. The average Bonchev–Trinajstić information content (AvgIpc) is 2.64. The normalized spacial score (nSPS) is 14.0. The van der Waals surface area contributed by atoms with E-state index in [1.54, 1.807) is 24.3 Å². The van der Waals surface area contributed by atoms with E-state index in [-0.39, 0.29) is 11.8 Å². The molecule has 0 fully saturated rings. The summed E-state index contributed by atoms with van der Waals surface area (Å²) >= 11 is 0. The number of benzene rings is 1. The fraction of sp³-hybridized carbons (Fsp3) is 0.667. The number of rotatable bonds is 11. The van der Waals surface area contributed by atoms with Gasteiger partial charge in [-0.25, -0.2) is 8.42 Å². The summed E-state index contributed by atoms with van der Waals surface area (Å²) in [4.78, 5) is 7.42. The van der Waals surface area contributed by atoms with Crippen LogP contribution in [0, 0.1) is 0 Å². The first kappa shape index (κ1) is 24.4. The van der Waals surface area contributed by atoms with Crippen molar-refractivity contribution >= 4 is 15.8 Å². The molecule has 1 atom stereocenters. The predicted octanol–water partition coefficient (Wildman–Crippen LogP) is 2.91. The van der Waals surface area contributed by atoms with Crippen LogP contribution in [0.1, 0.15) is 48.0 Å². The second kappa shape index (κ2) is 12.1. The highest BCUT2D eigenvalue weighted by Gasteiger charge is 2.21. The number of hydrogen-bond donors (Lipinski definition) is 2. The average molecular weight is 411 g/mol. The van der Waals surface area contributed by atoms with Gasteiger partial charge in [0.1, 0.15) is 0 Å². The maximum Gasteiger partial charge on any atom is 0.191 e. The predicted molar refractivity (Wildman–Crippen MR) is 119 cm³/mol. The lowest BCUT2D eigenvalue weighted by molar-refractivity contribution is 0.181. The van der Waals surface area contributed by atoms with Crippen molar-refractivity contribution in [2.45, 2.75) is 71.0 Å². The standard InChI is InChI=1S/C21H38N4O2S/c1-7-19(16-28(26,27)20-12-10-9-11-13-20)24-21(22-8-2)23-14-15-25(17(3)4)18(5)6/h9-13,17-19H,7-8,14-16H2,1-6H3,(H2,22,23,24). The van der Waals surface area contributed by atoms with E-state index < -0.39 is 9.84 Å². The van der Waals surface area contributed by atoms with Crippen molar-refractivity contribution in [2.24, 2.45) is 4.99 Å². The molecule has 1 unspecified atom stereocenters. The first-order valence-corrected chi connectivity index (χ1v) is 11.9. The number of guanidine groups is 1. The summed E-state index contributed by atoms with van der Waals surface area (Å²) in [7, 11) is -3.34. The molecule has 6 nitrogen and oxygen atoms in total. The zero-order chi connectivity index (χ0) is 21.2. The lowest BCUT2D eigenvalue weighted by Crippen LogP contribution is -2.46. The van der Waals surface area contributed by atoms with Crippen LogP contribution in [0.3, 0.4) is 0 Å². The SMILES string of the molecule is CCNC(=NCCN(C(C)C)C(C)C)NC(CC)CS(=O)(=O)c1ccccc1.